The lowest BCUT2D eigenvalue weighted by atomic mass is 10.1. The van der Waals surface area contributed by atoms with Crippen molar-refractivity contribution in [1.82, 2.24) is 25.1 Å². The highest BCUT2D eigenvalue weighted by Gasteiger charge is 2.32. The topological polar surface area (TPSA) is 75.6 Å². The lowest BCUT2D eigenvalue weighted by molar-refractivity contribution is -0.120. The fourth-order valence-electron chi connectivity index (χ4n) is 4.06. The van der Waals surface area contributed by atoms with E-state index in [1.165, 1.54) is 24.6 Å². The normalized spacial score (nSPS) is 18.6. The van der Waals surface area contributed by atoms with Gasteiger partial charge in [0.25, 0.3) is 0 Å². The molecule has 0 aliphatic heterocycles. The summed E-state index contributed by atoms with van der Waals surface area (Å²) in [5.41, 5.74) is 2.17. The highest BCUT2D eigenvalue weighted by atomic mass is 32.2. The van der Waals surface area contributed by atoms with Crippen LogP contribution in [0.2, 0.25) is 0 Å². The number of nitrogens with zero attached hydrogens (tertiary/aromatic N) is 3. The molecule has 2 fully saturated rings. The third-order valence-electron chi connectivity index (χ3n) is 5.76. The van der Waals surface area contributed by atoms with E-state index in [0.29, 0.717) is 12.1 Å². The standard InChI is InChI=1S/C21H25N5OS/c1-13(20(27)23-14-6-2-3-7-14)28-21-25-24-19(26(21)15-10-11-15)17-12-22-18-9-5-4-8-16(17)18/h4-5,8-9,12-15,22H,2-3,6-7,10-11H2,1H3,(H,23,27). The molecule has 2 aromatic heterocycles. The second kappa shape index (κ2) is 7.28. The van der Waals surface area contributed by atoms with Crippen molar-refractivity contribution in [3.63, 3.8) is 0 Å². The zero-order valence-corrected chi connectivity index (χ0v) is 16.8. The number of nitrogens with one attached hydrogen (secondary N) is 2. The molecule has 0 bridgehead atoms. The predicted octanol–water partition coefficient (Wildman–Crippen LogP) is 4.30. The summed E-state index contributed by atoms with van der Waals surface area (Å²) < 4.78 is 2.24. The van der Waals surface area contributed by atoms with E-state index in [4.69, 9.17) is 0 Å². The van der Waals surface area contributed by atoms with Gasteiger partial charge >= 0.3 is 0 Å². The SMILES string of the molecule is CC(Sc1nnc(-c2c[nH]c3ccccc23)n1C1CC1)C(=O)NC1CCCC1. The number of rotatable bonds is 6. The van der Waals surface area contributed by atoms with Crippen molar-refractivity contribution < 1.29 is 4.79 Å². The van der Waals surface area contributed by atoms with Crippen LogP contribution in [-0.2, 0) is 4.79 Å². The molecule has 6 nitrogen and oxygen atoms in total. The Hall–Kier alpha value is -2.28. The molecule has 28 heavy (non-hydrogen) atoms. The molecule has 2 aliphatic carbocycles. The summed E-state index contributed by atoms with van der Waals surface area (Å²) in [6.07, 6.45) is 8.94. The lowest BCUT2D eigenvalue weighted by Gasteiger charge is -2.16. The van der Waals surface area contributed by atoms with E-state index in [0.717, 1.165) is 53.1 Å². The molecule has 1 amide bonds. The van der Waals surface area contributed by atoms with Crippen molar-refractivity contribution in [1.29, 1.82) is 0 Å². The van der Waals surface area contributed by atoms with Crippen LogP contribution in [-0.4, -0.2) is 36.9 Å². The van der Waals surface area contributed by atoms with Gasteiger partial charge in [-0.05, 0) is 38.7 Å². The molecule has 5 rings (SSSR count). The summed E-state index contributed by atoms with van der Waals surface area (Å²) in [6.45, 7) is 1.96. The number of thioether (sulfide) groups is 1. The van der Waals surface area contributed by atoms with Crippen LogP contribution in [0.5, 0.6) is 0 Å². The average molecular weight is 396 g/mol. The van der Waals surface area contributed by atoms with Crippen LogP contribution in [0.25, 0.3) is 22.3 Å². The number of para-hydroxylation sites is 1. The Morgan fingerprint density at radius 1 is 1.21 bits per heavy atom. The van der Waals surface area contributed by atoms with E-state index in [1.807, 2.05) is 25.3 Å². The minimum atomic E-state index is -0.182. The molecular formula is C21H25N5OS. The number of fused-ring (bicyclic) bond motifs is 1. The summed E-state index contributed by atoms with van der Waals surface area (Å²) in [4.78, 5) is 15.9. The number of benzene rings is 1. The number of carbonyl (C=O) groups is 1. The Kier molecular flexibility index (Phi) is 4.62. The highest BCUT2D eigenvalue weighted by Crippen LogP contribution is 2.42. The Bertz CT molecular complexity index is 999. The van der Waals surface area contributed by atoms with Crippen molar-refractivity contribution in [2.45, 2.75) is 67.9 Å². The van der Waals surface area contributed by atoms with Gasteiger partial charge in [0, 0.05) is 34.7 Å². The smallest absolute Gasteiger partial charge is 0.233 e. The van der Waals surface area contributed by atoms with E-state index in [2.05, 4.69) is 37.2 Å². The highest BCUT2D eigenvalue weighted by molar-refractivity contribution is 8.00. The predicted molar refractivity (Wildman–Crippen MR) is 111 cm³/mol. The Morgan fingerprint density at radius 3 is 2.79 bits per heavy atom. The maximum Gasteiger partial charge on any atom is 0.233 e. The number of hydrogen-bond acceptors (Lipinski definition) is 4. The number of carbonyl (C=O) groups excluding carboxylic acids is 1. The first kappa shape index (κ1) is 17.8. The monoisotopic (exact) mass is 395 g/mol. The Balaban J connectivity index is 1.41. The number of hydrogen-bond donors (Lipinski definition) is 2. The fraction of sp³-hybridized carbons (Fsp3) is 0.476. The van der Waals surface area contributed by atoms with Crippen LogP contribution in [0.4, 0.5) is 0 Å². The Morgan fingerprint density at radius 2 is 2.00 bits per heavy atom. The molecule has 146 valence electrons. The molecule has 2 N–H and O–H groups in total. The van der Waals surface area contributed by atoms with E-state index < -0.39 is 0 Å². The fourth-order valence-corrected chi connectivity index (χ4v) is 4.99. The summed E-state index contributed by atoms with van der Waals surface area (Å²) in [7, 11) is 0. The van der Waals surface area contributed by atoms with Gasteiger partial charge in [0.1, 0.15) is 0 Å². The second-order valence-electron chi connectivity index (χ2n) is 7.91. The van der Waals surface area contributed by atoms with Crippen LogP contribution >= 0.6 is 11.8 Å². The van der Waals surface area contributed by atoms with E-state index >= 15 is 0 Å². The molecule has 0 saturated heterocycles. The molecule has 0 radical (unpaired) electrons. The van der Waals surface area contributed by atoms with Gasteiger partial charge in [0.2, 0.25) is 5.91 Å². The van der Waals surface area contributed by atoms with Gasteiger partial charge in [-0.2, -0.15) is 0 Å². The quantitative estimate of drug-likeness (QED) is 0.610. The van der Waals surface area contributed by atoms with E-state index in [-0.39, 0.29) is 11.2 Å². The lowest BCUT2D eigenvalue weighted by Crippen LogP contribution is -2.37. The molecule has 1 aromatic carbocycles. The van der Waals surface area contributed by atoms with Gasteiger partial charge in [-0.25, -0.2) is 0 Å². The zero-order chi connectivity index (χ0) is 19.1. The average Bonchev–Trinajstić information content (AvgIpc) is 3.09. The van der Waals surface area contributed by atoms with Gasteiger partial charge in [-0.3, -0.25) is 9.36 Å². The second-order valence-corrected chi connectivity index (χ2v) is 9.21. The van der Waals surface area contributed by atoms with Crippen LogP contribution < -0.4 is 5.32 Å². The van der Waals surface area contributed by atoms with Crippen LogP contribution in [0, 0.1) is 0 Å². The molecule has 7 heteroatoms. The Labute approximate surface area is 168 Å². The van der Waals surface area contributed by atoms with Gasteiger partial charge in [-0.1, -0.05) is 42.8 Å². The number of H-pyrrole nitrogens is 1. The minimum absolute atomic E-state index is 0.107. The number of amides is 1. The van der Waals surface area contributed by atoms with Crippen molar-refractivity contribution in [3.8, 4) is 11.4 Å². The molecule has 2 saturated carbocycles. The number of aromatic nitrogens is 4. The maximum atomic E-state index is 12.6. The van der Waals surface area contributed by atoms with Crippen LogP contribution in [0.3, 0.4) is 0 Å². The summed E-state index contributed by atoms with van der Waals surface area (Å²) in [5, 5.41) is 14.0. The van der Waals surface area contributed by atoms with Crippen LogP contribution in [0.1, 0.15) is 51.5 Å². The largest absolute Gasteiger partial charge is 0.360 e. The maximum absolute atomic E-state index is 12.6. The molecule has 0 spiro atoms. The summed E-state index contributed by atoms with van der Waals surface area (Å²) >= 11 is 1.52. The molecule has 1 unspecified atom stereocenters. The molecular weight excluding hydrogens is 370 g/mol. The van der Waals surface area contributed by atoms with Gasteiger partial charge in [0.05, 0.1) is 5.25 Å². The van der Waals surface area contributed by atoms with Gasteiger partial charge < -0.3 is 10.3 Å². The van der Waals surface area contributed by atoms with Gasteiger partial charge in [0.15, 0.2) is 11.0 Å². The van der Waals surface area contributed by atoms with Crippen molar-refractivity contribution in [2.75, 3.05) is 0 Å². The first-order chi connectivity index (χ1) is 13.7. The van der Waals surface area contributed by atoms with Gasteiger partial charge in [-0.15, -0.1) is 10.2 Å². The van der Waals surface area contributed by atoms with Crippen molar-refractivity contribution in [2.24, 2.45) is 0 Å². The number of aromatic amines is 1. The van der Waals surface area contributed by atoms with E-state index in [1.54, 1.807) is 0 Å². The minimum Gasteiger partial charge on any atom is -0.360 e. The zero-order valence-electron chi connectivity index (χ0n) is 16.0. The third kappa shape index (κ3) is 3.32. The van der Waals surface area contributed by atoms with E-state index in [9.17, 15) is 4.79 Å². The summed E-state index contributed by atoms with van der Waals surface area (Å²) in [5.74, 6) is 1.00. The van der Waals surface area contributed by atoms with Crippen LogP contribution in [0.15, 0.2) is 35.6 Å². The third-order valence-corrected chi connectivity index (χ3v) is 6.82. The molecule has 1 atom stereocenters. The molecule has 2 aliphatic rings. The first-order valence-electron chi connectivity index (χ1n) is 10.2. The molecule has 3 aromatic rings. The van der Waals surface area contributed by atoms with Crippen molar-refractivity contribution >= 4 is 28.6 Å². The van der Waals surface area contributed by atoms with Crippen molar-refractivity contribution in [3.05, 3.63) is 30.5 Å². The summed E-state index contributed by atoms with van der Waals surface area (Å²) in [6, 6.07) is 9.03. The first-order valence-corrected chi connectivity index (χ1v) is 11.1. The molecule has 2 heterocycles.